The average Bonchev–Trinajstić information content (AvgIpc) is 2.51. The van der Waals surface area contributed by atoms with E-state index >= 15 is 0 Å². The molecule has 0 aliphatic heterocycles. The summed E-state index contributed by atoms with van der Waals surface area (Å²) in [5.74, 6) is 0. The fourth-order valence-corrected chi connectivity index (χ4v) is 4.48. The van der Waals surface area contributed by atoms with Crippen molar-refractivity contribution in [1.29, 1.82) is 0 Å². The van der Waals surface area contributed by atoms with Crippen molar-refractivity contribution in [2.45, 2.75) is 0 Å². The van der Waals surface area contributed by atoms with Gasteiger partial charge in [0.15, 0.2) is 0 Å². The van der Waals surface area contributed by atoms with Crippen LogP contribution in [-0.2, 0) is 20.4 Å². The van der Waals surface area contributed by atoms with Crippen molar-refractivity contribution in [3.05, 3.63) is 91.0 Å². The Balaban J connectivity index is 0.00000147. The third-order valence-corrected chi connectivity index (χ3v) is 5.49. The first kappa shape index (κ1) is 21.3. The Kier molecular flexibility index (Phi) is 10.6. The van der Waals surface area contributed by atoms with E-state index in [1.807, 2.05) is 0 Å². The van der Waals surface area contributed by atoms with Gasteiger partial charge >= 0.3 is 0 Å². The molecule has 0 aromatic heterocycles. The Morgan fingerprint density at radius 3 is 0.864 bits per heavy atom. The predicted molar refractivity (Wildman–Crippen MR) is 99.6 cm³/mol. The maximum atomic E-state index is 2.23. The van der Waals surface area contributed by atoms with Crippen molar-refractivity contribution in [2.75, 3.05) is 0 Å². The predicted octanol–water partition coefficient (Wildman–Crippen LogP) is 4.29. The summed E-state index contributed by atoms with van der Waals surface area (Å²) in [5, 5.41) is 4.19. The van der Waals surface area contributed by atoms with E-state index in [1.54, 1.807) is 0 Å². The topological polar surface area (TPSA) is 0 Å². The minimum absolute atomic E-state index is 0. The fourth-order valence-electron chi connectivity index (χ4n) is 2.18. The van der Waals surface area contributed by atoms with E-state index in [0.29, 0.717) is 0 Å². The molecule has 0 spiro atoms. The summed E-state index contributed by atoms with van der Waals surface area (Å²) >= 11 is 0. The van der Waals surface area contributed by atoms with Crippen LogP contribution < -0.4 is 15.9 Å². The molecule has 0 heterocycles. The van der Waals surface area contributed by atoms with Gasteiger partial charge in [-0.25, -0.2) is 0 Å². The quantitative estimate of drug-likeness (QED) is 0.420. The van der Waals surface area contributed by atoms with Gasteiger partial charge in [0.05, 0.1) is 0 Å². The molecule has 0 nitrogen and oxygen atoms in total. The standard InChI is InChI=1S/C18H15P.2ClH.Pd/c1-4-10-16(11-5-1)19(17-12-6-2-7-13-17)18-14-8-3-9-15-18;;;/h1-15H;2*1H;. The SMILES string of the molecule is Cl.Cl.[Pd].c1ccc(P(c2ccccc2)c2ccccc2)cc1. The molecule has 3 aromatic rings. The number of hydrogen-bond acceptors (Lipinski definition) is 0. The van der Waals surface area contributed by atoms with Crippen LogP contribution in [0.5, 0.6) is 0 Å². The Morgan fingerprint density at radius 1 is 0.409 bits per heavy atom. The summed E-state index contributed by atoms with van der Waals surface area (Å²) in [6.07, 6.45) is 0. The Labute approximate surface area is 159 Å². The van der Waals surface area contributed by atoms with Gasteiger partial charge in [0.25, 0.3) is 0 Å². The average molecular weight is 442 g/mol. The van der Waals surface area contributed by atoms with E-state index in [2.05, 4.69) is 91.0 Å². The van der Waals surface area contributed by atoms with Crippen molar-refractivity contribution in [3.8, 4) is 0 Å². The van der Waals surface area contributed by atoms with Gasteiger partial charge < -0.3 is 0 Å². The normalized spacial score (nSPS) is 9.14. The van der Waals surface area contributed by atoms with Crippen LogP contribution in [0.2, 0.25) is 0 Å². The van der Waals surface area contributed by atoms with Crippen LogP contribution in [0.4, 0.5) is 0 Å². The summed E-state index contributed by atoms with van der Waals surface area (Å²) in [7, 11) is -0.446. The molecule has 0 bridgehead atoms. The molecule has 3 aromatic carbocycles. The molecule has 0 N–H and O–H groups in total. The Hall–Kier alpha value is -0.668. The second-order valence-corrected chi connectivity index (χ2v) is 6.56. The number of halogens is 2. The molecule has 0 radical (unpaired) electrons. The van der Waals surface area contributed by atoms with Crippen LogP contribution >= 0.6 is 32.7 Å². The summed E-state index contributed by atoms with van der Waals surface area (Å²) in [6.45, 7) is 0. The van der Waals surface area contributed by atoms with Crippen molar-refractivity contribution in [2.24, 2.45) is 0 Å². The van der Waals surface area contributed by atoms with E-state index in [9.17, 15) is 0 Å². The number of benzene rings is 3. The summed E-state index contributed by atoms with van der Waals surface area (Å²) in [4.78, 5) is 0. The van der Waals surface area contributed by atoms with Gasteiger partial charge in [0.1, 0.15) is 0 Å². The molecule has 0 aliphatic rings. The molecule has 3 rings (SSSR count). The third kappa shape index (κ3) is 5.20. The largest absolute Gasteiger partial charge is 0.147 e. The van der Waals surface area contributed by atoms with Gasteiger partial charge in [0.2, 0.25) is 0 Å². The van der Waals surface area contributed by atoms with Gasteiger partial charge in [-0.1, -0.05) is 91.0 Å². The first-order valence-electron chi connectivity index (χ1n) is 6.40. The second-order valence-electron chi connectivity index (χ2n) is 4.34. The molecular weight excluding hydrogens is 424 g/mol. The summed E-state index contributed by atoms with van der Waals surface area (Å²) in [5.41, 5.74) is 0. The minimum atomic E-state index is -0.446. The van der Waals surface area contributed by atoms with Gasteiger partial charge in [-0.05, 0) is 23.8 Å². The van der Waals surface area contributed by atoms with E-state index in [0.717, 1.165) is 0 Å². The van der Waals surface area contributed by atoms with Crippen LogP contribution in [0.1, 0.15) is 0 Å². The van der Waals surface area contributed by atoms with Gasteiger partial charge in [-0.2, -0.15) is 0 Å². The van der Waals surface area contributed by atoms with Crippen LogP contribution in [0, 0.1) is 0 Å². The van der Waals surface area contributed by atoms with Crippen molar-refractivity contribution in [1.82, 2.24) is 0 Å². The molecule has 0 saturated carbocycles. The zero-order valence-corrected chi connectivity index (χ0v) is 15.8. The van der Waals surface area contributed by atoms with E-state index in [1.165, 1.54) is 15.9 Å². The monoisotopic (exact) mass is 440 g/mol. The van der Waals surface area contributed by atoms with Crippen LogP contribution in [0.25, 0.3) is 0 Å². The molecule has 0 amide bonds. The van der Waals surface area contributed by atoms with E-state index in [4.69, 9.17) is 0 Å². The molecule has 118 valence electrons. The molecule has 0 aliphatic carbocycles. The Morgan fingerprint density at radius 2 is 0.636 bits per heavy atom. The van der Waals surface area contributed by atoms with Gasteiger partial charge in [-0.3, -0.25) is 0 Å². The zero-order valence-electron chi connectivity index (χ0n) is 11.7. The van der Waals surface area contributed by atoms with Crippen LogP contribution in [0.3, 0.4) is 0 Å². The van der Waals surface area contributed by atoms with Crippen LogP contribution in [0.15, 0.2) is 91.0 Å². The van der Waals surface area contributed by atoms with Crippen molar-refractivity contribution in [3.63, 3.8) is 0 Å². The maximum absolute atomic E-state index is 2.23. The molecular formula is C18H17Cl2PPd. The third-order valence-electron chi connectivity index (χ3n) is 3.04. The molecule has 4 heteroatoms. The second kappa shape index (κ2) is 11.0. The Bertz CT molecular complexity index is 539. The van der Waals surface area contributed by atoms with Gasteiger partial charge in [0, 0.05) is 20.4 Å². The van der Waals surface area contributed by atoms with Crippen molar-refractivity contribution >= 4 is 48.6 Å². The summed E-state index contributed by atoms with van der Waals surface area (Å²) in [6, 6.07) is 32.3. The molecule has 0 fully saturated rings. The zero-order chi connectivity index (χ0) is 12.9. The molecule has 0 unspecified atom stereocenters. The van der Waals surface area contributed by atoms with E-state index < -0.39 is 7.92 Å². The molecule has 0 saturated heterocycles. The molecule has 0 atom stereocenters. The minimum Gasteiger partial charge on any atom is -0.147 e. The van der Waals surface area contributed by atoms with E-state index in [-0.39, 0.29) is 45.2 Å². The fraction of sp³-hybridized carbons (Fsp3) is 0. The number of rotatable bonds is 3. The first-order chi connectivity index (χ1) is 9.45. The molecule has 22 heavy (non-hydrogen) atoms. The van der Waals surface area contributed by atoms with Crippen molar-refractivity contribution < 1.29 is 20.4 Å². The smallest absolute Gasteiger partial charge is 0 e. The number of hydrogen-bond donors (Lipinski definition) is 0. The summed E-state index contributed by atoms with van der Waals surface area (Å²) < 4.78 is 0. The van der Waals surface area contributed by atoms with Gasteiger partial charge in [-0.15, -0.1) is 24.8 Å². The maximum Gasteiger partial charge on any atom is 0 e. The first-order valence-corrected chi connectivity index (χ1v) is 7.74. The van der Waals surface area contributed by atoms with Crippen LogP contribution in [-0.4, -0.2) is 0 Å².